The molecule has 2 amide bonds. The Morgan fingerprint density at radius 2 is 1.44 bits per heavy atom. The van der Waals surface area contributed by atoms with E-state index in [4.69, 9.17) is 9.47 Å². The van der Waals surface area contributed by atoms with E-state index in [0.29, 0.717) is 28.7 Å². The van der Waals surface area contributed by atoms with Crippen molar-refractivity contribution in [2.24, 2.45) is 0 Å². The van der Waals surface area contributed by atoms with Crippen LogP contribution in [0.5, 0.6) is 17.2 Å². The largest absolute Gasteiger partial charge is 0.494 e. The zero-order valence-electron chi connectivity index (χ0n) is 23.1. The normalized spacial score (nSPS) is 17.4. The lowest BCUT2D eigenvalue weighted by Crippen LogP contribution is -2.44. The van der Waals surface area contributed by atoms with Gasteiger partial charge < -0.3 is 19.3 Å². The summed E-state index contributed by atoms with van der Waals surface area (Å²) in [5.41, 5.74) is 1.27. The first kappa shape index (κ1) is 28.9. The van der Waals surface area contributed by atoms with Gasteiger partial charge in [0.2, 0.25) is 0 Å². The minimum atomic E-state index is -0.361. The van der Waals surface area contributed by atoms with Gasteiger partial charge in [-0.3, -0.25) is 9.59 Å². The Morgan fingerprint density at radius 1 is 0.805 bits per heavy atom. The number of hydrogen-bond donors (Lipinski definition) is 0. The number of rotatable bonds is 11. The Balaban J connectivity index is 1.09. The second-order valence-electron chi connectivity index (χ2n) is 10.2. The molecule has 2 fully saturated rings. The van der Waals surface area contributed by atoms with Crippen LogP contribution in [0, 0.1) is 5.82 Å². The molecule has 9 heteroatoms. The first-order valence-electron chi connectivity index (χ1n) is 13.9. The molecular weight excluding hydrogens is 541 g/mol. The summed E-state index contributed by atoms with van der Waals surface area (Å²) in [6.07, 6.45) is 4.97. The molecule has 3 aromatic rings. The van der Waals surface area contributed by atoms with Crippen LogP contribution in [0.1, 0.15) is 24.8 Å². The molecule has 0 aliphatic carbocycles. The number of imide groups is 1. The van der Waals surface area contributed by atoms with Gasteiger partial charge in [0.15, 0.2) is 0 Å². The number of ether oxygens (including phenoxy) is 2. The fourth-order valence-corrected chi connectivity index (χ4v) is 5.52. The number of benzene rings is 3. The second kappa shape index (κ2) is 13.8. The van der Waals surface area contributed by atoms with Crippen molar-refractivity contribution < 1.29 is 23.5 Å². The van der Waals surface area contributed by atoms with Crippen LogP contribution in [0.15, 0.2) is 77.7 Å². The number of likely N-dealkylation sites (N-methyl/N-ethyl adjacent to an activating group) is 1. The van der Waals surface area contributed by atoms with Crippen molar-refractivity contribution in [1.82, 2.24) is 9.80 Å². The summed E-state index contributed by atoms with van der Waals surface area (Å²) in [5, 5.41) is -0.341. The Hall–Kier alpha value is -3.66. The molecule has 0 unspecified atom stereocenters. The van der Waals surface area contributed by atoms with Gasteiger partial charge in [-0.2, -0.15) is 0 Å². The molecule has 7 nitrogen and oxygen atoms in total. The average molecular weight is 576 g/mol. The fraction of sp³-hybridized carbons (Fsp3) is 0.312. The monoisotopic (exact) mass is 575 g/mol. The first-order valence-corrected chi connectivity index (χ1v) is 14.7. The molecule has 41 heavy (non-hydrogen) atoms. The first-order chi connectivity index (χ1) is 19.9. The third-order valence-electron chi connectivity index (χ3n) is 7.10. The van der Waals surface area contributed by atoms with Crippen LogP contribution in [-0.4, -0.2) is 67.3 Å². The molecule has 0 radical (unpaired) electrons. The van der Waals surface area contributed by atoms with Crippen LogP contribution in [-0.2, 0) is 4.79 Å². The SMILES string of the molecule is CN1CCN(CCCCCOc2ccc(N3C(=O)SC(=Cc4ccc(Oc5ccc(F)cc5)cc4)C3=O)cc2)CC1. The second-order valence-corrected chi connectivity index (χ2v) is 11.2. The quantitative estimate of drug-likeness (QED) is 0.187. The highest BCUT2D eigenvalue weighted by molar-refractivity contribution is 8.19. The number of anilines is 1. The maximum absolute atomic E-state index is 13.1. The molecule has 2 heterocycles. The van der Waals surface area contributed by atoms with Crippen LogP contribution in [0.3, 0.4) is 0 Å². The van der Waals surface area contributed by atoms with E-state index in [1.807, 2.05) is 0 Å². The maximum Gasteiger partial charge on any atom is 0.298 e. The van der Waals surface area contributed by atoms with Gasteiger partial charge in [0.05, 0.1) is 17.2 Å². The summed E-state index contributed by atoms with van der Waals surface area (Å²) in [7, 11) is 2.17. The van der Waals surface area contributed by atoms with E-state index < -0.39 is 0 Å². The number of halogens is 1. The zero-order valence-corrected chi connectivity index (χ0v) is 23.9. The Labute approximate surface area is 244 Å². The van der Waals surface area contributed by atoms with E-state index in [1.54, 1.807) is 66.7 Å². The highest BCUT2D eigenvalue weighted by Crippen LogP contribution is 2.36. The van der Waals surface area contributed by atoms with Crippen molar-refractivity contribution in [3.63, 3.8) is 0 Å². The molecule has 214 valence electrons. The van der Waals surface area contributed by atoms with Crippen molar-refractivity contribution in [2.75, 3.05) is 51.3 Å². The van der Waals surface area contributed by atoms with Gasteiger partial charge >= 0.3 is 0 Å². The molecule has 2 saturated heterocycles. The number of nitrogens with zero attached hydrogens (tertiary/aromatic N) is 3. The van der Waals surface area contributed by atoms with E-state index >= 15 is 0 Å². The predicted molar refractivity (Wildman–Crippen MR) is 161 cm³/mol. The molecule has 2 aliphatic heterocycles. The van der Waals surface area contributed by atoms with E-state index in [0.717, 1.165) is 68.6 Å². The lowest BCUT2D eigenvalue weighted by Gasteiger charge is -2.32. The minimum absolute atomic E-state index is 0.330. The number of thioether (sulfide) groups is 1. The molecule has 0 saturated carbocycles. The molecule has 0 aromatic heterocycles. The number of carbonyl (C=O) groups is 2. The van der Waals surface area contributed by atoms with Crippen molar-refractivity contribution in [1.29, 1.82) is 0 Å². The summed E-state index contributed by atoms with van der Waals surface area (Å²) in [6.45, 7) is 6.38. The average Bonchev–Trinajstić information content (AvgIpc) is 3.26. The molecule has 0 spiro atoms. The van der Waals surface area contributed by atoms with Gasteiger partial charge in [-0.1, -0.05) is 12.1 Å². The van der Waals surface area contributed by atoms with Gasteiger partial charge in [-0.05, 0) is 117 Å². The third-order valence-corrected chi connectivity index (χ3v) is 7.97. The molecule has 2 aliphatic rings. The van der Waals surface area contributed by atoms with Crippen molar-refractivity contribution >= 4 is 34.7 Å². The molecular formula is C32H34FN3O4S. The third kappa shape index (κ3) is 7.97. The Morgan fingerprint density at radius 3 is 2.12 bits per heavy atom. The number of carbonyl (C=O) groups excluding carboxylic acids is 2. The molecule has 3 aromatic carbocycles. The highest BCUT2D eigenvalue weighted by Gasteiger charge is 2.36. The van der Waals surface area contributed by atoms with Gasteiger partial charge in [0.1, 0.15) is 23.1 Å². The van der Waals surface area contributed by atoms with E-state index in [2.05, 4.69) is 16.8 Å². The summed E-state index contributed by atoms with van der Waals surface area (Å²) >= 11 is 0.910. The van der Waals surface area contributed by atoms with Gasteiger partial charge in [-0.25, -0.2) is 9.29 Å². The van der Waals surface area contributed by atoms with Crippen LogP contribution < -0.4 is 14.4 Å². The van der Waals surface area contributed by atoms with Crippen LogP contribution in [0.2, 0.25) is 0 Å². The van der Waals surface area contributed by atoms with Crippen molar-refractivity contribution in [3.8, 4) is 17.2 Å². The predicted octanol–water partition coefficient (Wildman–Crippen LogP) is 6.66. The fourth-order valence-electron chi connectivity index (χ4n) is 4.68. The summed E-state index contributed by atoms with van der Waals surface area (Å²) in [5.74, 6) is 1.13. The van der Waals surface area contributed by atoms with E-state index in [9.17, 15) is 14.0 Å². The maximum atomic E-state index is 13.1. The molecule has 0 atom stereocenters. The van der Waals surface area contributed by atoms with E-state index in [-0.39, 0.29) is 17.0 Å². The zero-order chi connectivity index (χ0) is 28.6. The Bertz CT molecular complexity index is 1360. The topological polar surface area (TPSA) is 62.3 Å². The number of unbranched alkanes of at least 4 members (excludes halogenated alkanes) is 2. The molecule has 0 bridgehead atoms. The van der Waals surface area contributed by atoms with Crippen LogP contribution in [0.4, 0.5) is 14.9 Å². The van der Waals surface area contributed by atoms with Crippen molar-refractivity contribution in [2.45, 2.75) is 19.3 Å². The van der Waals surface area contributed by atoms with Gasteiger partial charge in [0, 0.05) is 26.2 Å². The van der Waals surface area contributed by atoms with Gasteiger partial charge in [-0.15, -0.1) is 0 Å². The minimum Gasteiger partial charge on any atom is -0.494 e. The number of piperazine rings is 1. The van der Waals surface area contributed by atoms with Crippen LogP contribution >= 0.6 is 11.8 Å². The van der Waals surface area contributed by atoms with Gasteiger partial charge in [0.25, 0.3) is 11.1 Å². The van der Waals surface area contributed by atoms with Crippen molar-refractivity contribution in [3.05, 3.63) is 89.1 Å². The van der Waals surface area contributed by atoms with Crippen LogP contribution in [0.25, 0.3) is 6.08 Å². The standard InChI is InChI=1S/C32H34FN3O4S/c1-34-18-20-35(21-19-34)17-3-2-4-22-39-27-15-9-26(10-16-27)36-31(37)30(41-32(36)38)23-24-5-11-28(12-6-24)40-29-13-7-25(33)8-14-29/h5-16,23H,2-4,17-22H2,1H3. The summed E-state index contributed by atoms with van der Waals surface area (Å²) in [6, 6.07) is 19.9. The molecule has 0 N–H and O–H groups in total. The number of hydrogen-bond acceptors (Lipinski definition) is 7. The molecule has 5 rings (SSSR count). The lowest BCUT2D eigenvalue weighted by atomic mass is 10.2. The summed E-state index contributed by atoms with van der Waals surface area (Å²) < 4.78 is 24.7. The number of amides is 2. The Kier molecular flexibility index (Phi) is 9.71. The summed E-state index contributed by atoms with van der Waals surface area (Å²) in [4.78, 5) is 32.2. The smallest absolute Gasteiger partial charge is 0.298 e. The lowest BCUT2D eigenvalue weighted by molar-refractivity contribution is -0.113. The van der Waals surface area contributed by atoms with E-state index in [1.165, 1.54) is 23.5 Å². The highest BCUT2D eigenvalue weighted by atomic mass is 32.2.